The molecule has 0 aliphatic rings. The van der Waals surface area contributed by atoms with E-state index >= 15 is 0 Å². The van der Waals surface area contributed by atoms with Gasteiger partial charge in [-0.15, -0.1) is 0 Å². The molecule has 5 heteroatoms. The SMILES string of the molecule is COC(=O)COc1ccc(OCc2ccccc2)cc1C(C)=O. The lowest BCUT2D eigenvalue weighted by Crippen LogP contribution is -2.14. The van der Waals surface area contributed by atoms with Gasteiger partial charge in [0.2, 0.25) is 0 Å². The molecule has 0 N–H and O–H groups in total. The highest BCUT2D eigenvalue weighted by Crippen LogP contribution is 2.25. The van der Waals surface area contributed by atoms with Gasteiger partial charge in [0.05, 0.1) is 12.7 Å². The van der Waals surface area contributed by atoms with E-state index in [1.807, 2.05) is 30.3 Å². The minimum Gasteiger partial charge on any atom is -0.489 e. The molecule has 0 unspecified atom stereocenters. The maximum Gasteiger partial charge on any atom is 0.343 e. The molecule has 0 aliphatic heterocycles. The molecule has 0 aromatic heterocycles. The number of carbonyl (C=O) groups excluding carboxylic acids is 2. The lowest BCUT2D eigenvalue weighted by atomic mass is 10.1. The van der Waals surface area contributed by atoms with Crippen LogP contribution in [0.2, 0.25) is 0 Å². The van der Waals surface area contributed by atoms with Crippen LogP contribution in [0, 0.1) is 0 Å². The highest BCUT2D eigenvalue weighted by atomic mass is 16.6. The van der Waals surface area contributed by atoms with E-state index in [0.717, 1.165) is 5.56 Å². The summed E-state index contributed by atoms with van der Waals surface area (Å²) >= 11 is 0. The number of carbonyl (C=O) groups is 2. The molecule has 0 atom stereocenters. The summed E-state index contributed by atoms with van der Waals surface area (Å²) in [4.78, 5) is 22.9. The van der Waals surface area contributed by atoms with Crippen molar-refractivity contribution < 1.29 is 23.8 Å². The summed E-state index contributed by atoms with van der Waals surface area (Å²) in [6.07, 6.45) is 0. The molecule has 0 amide bonds. The number of hydrogen-bond donors (Lipinski definition) is 0. The number of Topliss-reactive ketones (excluding diaryl/α,β-unsaturated/α-hetero) is 1. The lowest BCUT2D eigenvalue weighted by Gasteiger charge is -2.12. The summed E-state index contributed by atoms with van der Waals surface area (Å²) in [6, 6.07) is 14.6. The highest BCUT2D eigenvalue weighted by molar-refractivity contribution is 5.97. The lowest BCUT2D eigenvalue weighted by molar-refractivity contribution is -0.142. The predicted octanol–water partition coefficient (Wildman–Crippen LogP) is 3.02. The Hall–Kier alpha value is -2.82. The molecule has 0 fully saturated rings. The molecule has 0 spiro atoms. The Kier molecular flexibility index (Phi) is 5.74. The van der Waals surface area contributed by atoms with Gasteiger partial charge < -0.3 is 14.2 Å². The molecule has 0 saturated heterocycles. The van der Waals surface area contributed by atoms with Crippen LogP contribution in [0.1, 0.15) is 22.8 Å². The summed E-state index contributed by atoms with van der Waals surface area (Å²) in [6.45, 7) is 1.59. The van der Waals surface area contributed by atoms with Crippen LogP contribution < -0.4 is 9.47 Å². The van der Waals surface area contributed by atoms with Gasteiger partial charge in [0.1, 0.15) is 18.1 Å². The molecule has 23 heavy (non-hydrogen) atoms. The normalized spacial score (nSPS) is 10.0. The average molecular weight is 314 g/mol. The Balaban J connectivity index is 2.09. The van der Waals surface area contributed by atoms with Crippen LogP contribution in [-0.2, 0) is 16.1 Å². The number of esters is 1. The maximum atomic E-state index is 11.8. The molecule has 2 aromatic carbocycles. The highest BCUT2D eigenvalue weighted by Gasteiger charge is 2.12. The van der Waals surface area contributed by atoms with Crippen LogP contribution in [-0.4, -0.2) is 25.5 Å². The van der Waals surface area contributed by atoms with E-state index in [9.17, 15) is 9.59 Å². The first-order valence-corrected chi connectivity index (χ1v) is 7.11. The first-order valence-electron chi connectivity index (χ1n) is 7.11. The van der Waals surface area contributed by atoms with E-state index in [1.165, 1.54) is 14.0 Å². The minimum absolute atomic E-state index is 0.171. The van der Waals surface area contributed by atoms with E-state index < -0.39 is 5.97 Å². The predicted molar refractivity (Wildman–Crippen MR) is 84.7 cm³/mol. The zero-order chi connectivity index (χ0) is 16.7. The number of methoxy groups -OCH3 is 1. The molecule has 0 radical (unpaired) electrons. The van der Waals surface area contributed by atoms with Crippen molar-refractivity contribution >= 4 is 11.8 Å². The molecular formula is C18H18O5. The number of hydrogen-bond acceptors (Lipinski definition) is 5. The van der Waals surface area contributed by atoms with Crippen molar-refractivity contribution in [2.75, 3.05) is 13.7 Å². The third-order valence-electron chi connectivity index (χ3n) is 3.15. The summed E-state index contributed by atoms with van der Waals surface area (Å²) in [7, 11) is 1.28. The Morgan fingerprint density at radius 2 is 1.74 bits per heavy atom. The smallest absolute Gasteiger partial charge is 0.343 e. The van der Waals surface area contributed by atoms with E-state index in [2.05, 4.69) is 4.74 Å². The number of rotatable bonds is 7. The molecule has 2 aromatic rings. The van der Waals surface area contributed by atoms with Gasteiger partial charge in [-0.3, -0.25) is 4.79 Å². The third kappa shape index (κ3) is 4.85. The van der Waals surface area contributed by atoms with Gasteiger partial charge in [0, 0.05) is 0 Å². The molecule has 5 nitrogen and oxygen atoms in total. The zero-order valence-electron chi connectivity index (χ0n) is 13.1. The Morgan fingerprint density at radius 1 is 1.00 bits per heavy atom. The van der Waals surface area contributed by atoms with E-state index in [4.69, 9.17) is 9.47 Å². The largest absolute Gasteiger partial charge is 0.489 e. The molecule has 2 rings (SSSR count). The summed E-state index contributed by atoms with van der Waals surface area (Å²) in [5.41, 5.74) is 1.39. The van der Waals surface area contributed by atoms with E-state index in [1.54, 1.807) is 18.2 Å². The zero-order valence-corrected chi connectivity index (χ0v) is 13.1. The van der Waals surface area contributed by atoms with E-state index in [0.29, 0.717) is 23.7 Å². The van der Waals surface area contributed by atoms with Gasteiger partial charge in [-0.2, -0.15) is 0 Å². The molecule has 0 saturated carbocycles. The summed E-state index contributed by atoms with van der Waals surface area (Å²) in [5, 5.41) is 0. The van der Waals surface area contributed by atoms with Crippen molar-refractivity contribution in [3.05, 3.63) is 59.7 Å². The quantitative estimate of drug-likeness (QED) is 0.581. The Labute approximate surface area is 134 Å². The van der Waals surface area contributed by atoms with Gasteiger partial charge in [-0.1, -0.05) is 30.3 Å². The topological polar surface area (TPSA) is 61.8 Å². The van der Waals surface area contributed by atoms with Crippen molar-refractivity contribution in [1.29, 1.82) is 0 Å². The van der Waals surface area contributed by atoms with Crippen molar-refractivity contribution in [3.8, 4) is 11.5 Å². The fourth-order valence-electron chi connectivity index (χ4n) is 1.94. The Bertz CT molecular complexity index is 679. The number of ether oxygens (including phenoxy) is 3. The first kappa shape index (κ1) is 16.5. The number of benzene rings is 2. The molecule has 0 bridgehead atoms. The fraction of sp³-hybridized carbons (Fsp3) is 0.222. The average Bonchev–Trinajstić information content (AvgIpc) is 2.58. The van der Waals surface area contributed by atoms with Gasteiger partial charge in [0.15, 0.2) is 12.4 Å². The molecule has 0 aliphatic carbocycles. The van der Waals surface area contributed by atoms with Crippen LogP contribution in [0.3, 0.4) is 0 Å². The maximum absolute atomic E-state index is 11.8. The van der Waals surface area contributed by atoms with Crippen LogP contribution in [0.4, 0.5) is 0 Å². The van der Waals surface area contributed by atoms with Crippen LogP contribution in [0.15, 0.2) is 48.5 Å². The Morgan fingerprint density at radius 3 is 2.39 bits per heavy atom. The third-order valence-corrected chi connectivity index (χ3v) is 3.15. The minimum atomic E-state index is -0.510. The first-order chi connectivity index (χ1) is 11.1. The molecular weight excluding hydrogens is 296 g/mol. The fourth-order valence-corrected chi connectivity index (χ4v) is 1.94. The summed E-state index contributed by atoms with van der Waals surface area (Å²) < 4.78 is 15.5. The monoisotopic (exact) mass is 314 g/mol. The van der Waals surface area contributed by atoms with Crippen molar-refractivity contribution in [2.24, 2.45) is 0 Å². The van der Waals surface area contributed by atoms with E-state index in [-0.39, 0.29) is 12.4 Å². The van der Waals surface area contributed by atoms with Gasteiger partial charge in [-0.05, 0) is 30.7 Å². The van der Waals surface area contributed by atoms with Gasteiger partial charge in [-0.25, -0.2) is 4.79 Å². The second-order valence-corrected chi connectivity index (χ2v) is 4.85. The van der Waals surface area contributed by atoms with Crippen LogP contribution in [0.5, 0.6) is 11.5 Å². The van der Waals surface area contributed by atoms with Gasteiger partial charge in [0.25, 0.3) is 0 Å². The van der Waals surface area contributed by atoms with Crippen molar-refractivity contribution in [2.45, 2.75) is 13.5 Å². The van der Waals surface area contributed by atoms with Crippen molar-refractivity contribution in [3.63, 3.8) is 0 Å². The van der Waals surface area contributed by atoms with Crippen LogP contribution in [0.25, 0.3) is 0 Å². The van der Waals surface area contributed by atoms with Gasteiger partial charge >= 0.3 is 5.97 Å². The second-order valence-electron chi connectivity index (χ2n) is 4.85. The summed E-state index contributed by atoms with van der Waals surface area (Å²) in [5.74, 6) is 0.207. The number of ketones is 1. The second kappa shape index (κ2) is 7.98. The van der Waals surface area contributed by atoms with Crippen LogP contribution >= 0.6 is 0 Å². The van der Waals surface area contributed by atoms with Crippen molar-refractivity contribution in [1.82, 2.24) is 0 Å². The molecule has 0 heterocycles. The molecule has 120 valence electrons. The standard InChI is InChI=1S/C18H18O5/c1-13(19)16-10-15(22-11-14-6-4-3-5-7-14)8-9-17(16)23-12-18(20)21-2/h3-10H,11-12H2,1-2H3.